The molecule has 2 heteroatoms. The molecule has 0 atom stereocenters. The van der Waals surface area contributed by atoms with Crippen LogP contribution in [0.1, 0.15) is 16.0 Å². The lowest BCUT2D eigenvalue weighted by atomic mass is 10.1. The van der Waals surface area contributed by atoms with E-state index in [4.69, 9.17) is 0 Å². The fourth-order valence-corrected chi connectivity index (χ4v) is 3.22. The first-order valence-corrected chi connectivity index (χ1v) is 7.99. The molecule has 1 N–H and O–H groups in total. The highest BCUT2D eigenvalue weighted by Gasteiger charge is 2.03. The number of thiophene rings is 1. The van der Waals surface area contributed by atoms with E-state index in [0.717, 1.165) is 6.54 Å². The van der Waals surface area contributed by atoms with Crippen LogP contribution in [0.25, 0.3) is 10.4 Å². The van der Waals surface area contributed by atoms with E-state index in [2.05, 4.69) is 79.8 Å². The number of anilines is 1. The van der Waals surface area contributed by atoms with E-state index in [1.165, 1.54) is 32.1 Å². The van der Waals surface area contributed by atoms with Crippen LogP contribution in [0.5, 0.6) is 0 Å². The molecule has 0 amide bonds. The van der Waals surface area contributed by atoms with Crippen molar-refractivity contribution in [2.75, 3.05) is 5.32 Å². The quantitative estimate of drug-likeness (QED) is 0.656. The van der Waals surface area contributed by atoms with Gasteiger partial charge in [0.1, 0.15) is 0 Å². The Balaban J connectivity index is 1.69. The Hall–Kier alpha value is -2.06. The number of rotatable bonds is 4. The summed E-state index contributed by atoms with van der Waals surface area (Å²) in [6, 6.07) is 21.5. The van der Waals surface area contributed by atoms with E-state index in [9.17, 15) is 0 Å². The molecule has 1 nitrogen and oxygen atoms in total. The Labute approximate surface area is 130 Å². The summed E-state index contributed by atoms with van der Waals surface area (Å²) in [5.74, 6) is 0. The zero-order chi connectivity index (χ0) is 14.7. The summed E-state index contributed by atoms with van der Waals surface area (Å²) in [7, 11) is 0. The molecule has 0 saturated carbocycles. The third-order valence-electron chi connectivity index (χ3n) is 3.69. The van der Waals surface area contributed by atoms with Crippen molar-refractivity contribution in [2.45, 2.75) is 20.4 Å². The van der Waals surface area contributed by atoms with Crippen molar-refractivity contribution in [1.82, 2.24) is 0 Å². The largest absolute Gasteiger partial charge is 0.380 e. The molecule has 106 valence electrons. The maximum atomic E-state index is 3.50. The minimum Gasteiger partial charge on any atom is -0.380 e. The summed E-state index contributed by atoms with van der Waals surface area (Å²) in [4.78, 5) is 2.68. The van der Waals surface area contributed by atoms with Crippen molar-refractivity contribution >= 4 is 17.0 Å². The van der Waals surface area contributed by atoms with Crippen LogP contribution in [0.4, 0.5) is 5.69 Å². The highest BCUT2D eigenvalue weighted by Crippen LogP contribution is 2.28. The summed E-state index contributed by atoms with van der Waals surface area (Å²) in [5, 5.41) is 3.50. The first-order valence-electron chi connectivity index (χ1n) is 7.17. The Morgan fingerprint density at radius 3 is 2.43 bits per heavy atom. The topological polar surface area (TPSA) is 12.0 Å². The molecule has 0 bridgehead atoms. The number of benzene rings is 2. The van der Waals surface area contributed by atoms with Crippen LogP contribution in [0, 0.1) is 13.8 Å². The third-order valence-corrected chi connectivity index (χ3v) is 4.83. The highest BCUT2D eigenvalue weighted by molar-refractivity contribution is 7.15. The molecule has 0 aliphatic carbocycles. The molecule has 0 fully saturated rings. The van der Waals surface area contributed by atoms with Gasteiger partial charge < -0.3 is 5.32 Å². The van der Waals surface area contributed by atoms with E-state index in [-0.39, 0.29) is 0 Å². The van der Waals surface area contributed by atoms with Crippen LogP contribution in [0.2, 0.25) is 0 Å². The Kier molecular flexibility index (Phi) is 4.07. The van der Waals surface area contributed by atoms with Crippen molar-refractivity contribution in [1.29, 1.82) is 0 Å². The van der Waals surface area contributed by atoms with Crippen molar-refractivity contribution in [3.05, 3.63) is 76.7 Å². The second-order valence-electron chi connectivity index (χ2n) is 5.28. The fraction of sp³-hybridized carbons (Fsp3) is 0.158. The number of aryl methyl sites for hydroxylation is 2. The van der Waals surface area contributed by atoms with Gasteiger partial charge in [0.25, 0.3) is 0 Å². The maximum absolute atomic E-state index is 3.50. The predicted octanol–water partition coefficient (Wildman–Crippen LogP) is 5.64. The molecule has 1 heterocycles. The van der Waals surface area contributed by atoms with Crippen LogP contribution in [0.3, 0.4) is 0 Å². The summed E-state index contributed by atoms with van der Waals surface area (Å²) in [6.07, 6.45) is 0. The molecule has 2 aromatic carbocycles. The molecule has 21 heavy (non-hydrogen) atoms. The zero-order valence-electron chi connectivity index (χ0n) is 12.4. The summed E-state index contributed by atoms with van der Waals surface area (Å²) < 4.78 is 0. The Bertz CT molecular complexity index is 728. The molecule has 0 radical (unpaired) electrons. The van der Waals surface area contributed by atoms with Gasteiger partial charge in [-0.05, 0) is 54.8 Å². The molecule has 0 unspecified atom stereocenters. The first kappa shape index (κ1) is 13.9. The van der Waals surface area contributed by atoms with Crippen LogP contribution >= 0.6 is 11.3 Å². The highest BCUT2D eigenvalue weighted by atomic mass is 32.1. The van der Waals surface area contributed by atoms with Gasteiger partial charge in [-0.15, -0.1) is 11.3 Å². The third kappa shape index (κ3) is 3.34. The summed E-state index contributed by atoms with van der Waals surface area (Å²) in [5.41, 5.74) is 5.15. The van der Waals surface area contributed by atoms with Crippen LogP contribution in [-0.2, 0) is 6.54 Å². The molecule has 3 rings (SSSR count). The average Bonchev–Trinajstić information content (AvgIpc) is 2.98. The fourth-order valence-electron chi connectivity index (χ4n) is 2.27. The second-order valence-corrected chi connectivity index (χ2v) is 6.45. The van der Waals surface area contributed by atoms with E-state index in [0.29, 0.717) is 0 Å². The van der Waals surface area contributed by atoms with Gasteiger partial charge in [0.05, 0.1) is 0 Å². The number of hydrogen-bond donors (Lipinski definition) is 1. The van der Waals surface area contributed by atoms with Gasteiger partial charge in [-0.3, -0.25) is 0 Å². The predicted molar refractivity (Wildman–Crippen MR) is 93.0 cm³/mol. The molecule has 3 aromatic rings. The van der Waals surface area contributed by atoms with Crippen molar-refractivity contribution in [2.24, 2.45) is 0 Å². The standard InChI is InChI=1S/C19H19NS/c1-14-8-9-17(12-15(14)2)20-13-18-10-11-19(21-18)16-6-4-3-5-7-16/h3-12,20H,13H2,1-2H3. The lowest BCUT2D eigenvalue weighted by Gasteiger charge is -2.07. The molecule has 0 aliphatic rings. The van der Waals surface area contributed by atoms with Crippen molar-refractivity contribution in [3.63, 3.8) is 0 Å². The first-order chi connectivity index (χ1) is 10.2. The number of nitrogens with one attached hydrogen (secondary N) is 1. The second kappa shape index (κ2) is 6.15. The van der Waals surface area contributed by atoms with Gasteiger partial charge in [-0.2, -0.15) is 0 Å². The van der Waals surface area contributed by atoms with Crippen molar-refractivity contribution < 1.29 is 0 Å². The molecule has 0 aliphatic heterocycles. The summed E-state index contributed by atoms with van der Waals surface area (Å²) in [6.45, 7) is 5.17. The zero-order valence-corrected chi connectivity index (χ0v) is 13.2. The summed E-state index contributed by atoms with van der Waals surface area (Å²) >= 11 is 1.85. The molecule has 1 aromatic heterocycles. The lowest BCUT2D eigenvalue weighted by Crippen LogP contribution is -1.97. The number of hydrogen-bond acceptors (Lipinski definition) is 2. The average molecular weight is 293 g/mol. The smallest absolute Gasteiger partial charge is 0.0494 e. The monoisotopic (exact) mass is 293 g/mol. The van der Waals surface area contributed by atoms with Crippen LogP contribution < -0.4 is 5.32 Å². The SMILES string of the molecule is Cc1ccc(NCc2ccc(-c3ccccc3)s2)cc1C. The normalized spacial score (nSPS) is 10.6. The van der Waals surface area contributed by atoms with Gasteiger partial charge >= 0.3 is 0 Å². The minimum absolute atomic E-state index is 0.875. The molecule has 0 saturated heterocycles. The van der Waals surface area contributed by atoms with Gasteiger partial charge in [0, 0.05) is 22.0 Å². The van der Waals surface area contributed by atoms with E-state index < -0.39 is 0 Å². The van der Waals surface area contributed by atoms with Crippen LogP contribution in [0.15, 0.2) is 60.7 Å². The van der Waals surface area contributed by atoms with Gasteiger partial charge in [0.2, 0.25) is 0 Å². The lowest BCUT2D eigenvalue weighted by molar-refractivity contribution is 1.18. The molecule has 0 spiro atoms. The van der Waals surface area contributed by atoms with Crippen molar-refractivity contribution in [3.8, 4) is 10.4 Å². The van der Waals surface area contributed by atoms with Gasteiger partial charge in [-0.1, -0.05) is 36.4 Å². The van der Waals surface area contributed by atoms with E-state index in [1.54, 1.807) is 0 Å². The van der Waals surface area contributed by atoms with Gasteiger partial charge in [0.15, 0.2) is 0 Å². The molecular formula is C19H19NS. The molecular weight excluding hydrogens is 274 g/mol. The van der Waals surface area contributed by atoms with Crippen LogP contribution in [-0.4, -0.2) is 0 Å². The van der Waals surface area contributed by atoms with E-state index >= 15 is 0 Å². The van der Waals surface area contributed by atoms with Gasteiger partial charge in [-0.25, -0.2) is 0 Å². The van der Waals surface area contributed by atoms with E-state index in [1.807, 2.05) is 11.3 Å². The minimum atomic E-state index is 0.875. The maximum Gasteiger partial charge on any atom is 0.0494 e. The Morgan fingerprint density at radius 2 is 1.67 bits per heavy atom. The Morgan fingerprint density at radius 1 is 0.857 bits per heavy atom.